The van der Waals surface area contributed by atoms with Gasteiger partial charge in [0.05, 0.1) is 0 Å². The summed E-state index contributed by atoms with van der Waals surface area (Å²) in [5.41, 5.74) is 0. The first kappa shape index (κ1) is 14.5. The Bertz CT molecular complexity index is 165. The molecule has 0 aliphatic rings. The number of amides is 1. The van der Waals surface area contributed by atoms with Crippen LogP contribution in [0.3, 0.4) is 0 Å². The lowest BCUT2D eigenvalue weighted by atomic mass is 9.94. The molecule has 0 spiro atoms. The maximum Gasteiger partial charge on any atom is 0.210 e. The quantitative estimate of drug-likeness (QED) is 0.594. The predicted molar refractivity (Wildman–Crippen MR) is 65.7 cm³/mol. The van der Waals surface area contributed by atoms with Crippen molar-refractivity contribution in [1.29, 1.82) is 0 Å². The normalized spacial score (nSPS) is 19.1. The molecule has 0 fully saturated rings. The summed E-state index contributed by atoms with van der Waals surface area (Å²) in [5.74, 6) is 1.14. The number of carbonyl (C=O) groups is 1. The second kappa shape index (κ2) is 6.86. The monoisotopic (exact) mass is 213 g/mol. The van der Waals surface area contributed by atoms with E-state index in [1.807, 2.05) is 4.90 Å². The van der Waals surface area contributed by atoms with E-state index in [1.54, 1.807) is 0 Å². The Morgan fingerprint density at radius 2 is 1.27 bits per heavy atom. The van der Waals surface area contributed by atoms with Gasteiger partial charge in [0.2, 0.25) is 6.41 Å². The van der Waals surface area contributed by atoms with E-state index in [4.69, 9.17) is 0 Å². The highest BCUT2D eigenvalue weighted by Gasteiger charge is 2.24. The second-order valence-electron chi connectivity index (χ2n) is 4.80. The smallest absolute Gasteiger partial charge is 0.210 e. The summed E-state index contributed by atoms with van der Waals surface area (Å²) in [6.45, 7) is 13.1. The number of nitrogens with zero attached hydrogens (tertiary/aromatic N) is 1. The van der Waals surface area contributed by atoms with Crippen LogP contribution in [-0.4, -0.2) is 23.4 Å². The molecule has 0 bridgehead atoms. The van der Waals surface area contributed by atoms with Crippen molar-refractivity contribution in [3.8, 4) is 0 Å². The molecule has 15 heavy (non-hydrogen) atoms. The third-order valence-electron chi connectivity index (χ3n) is 4.00. The van der Waals surface area contributed by atoms with Crippen LogP contribution in [0.1, 0.15) is 54.4 Å². The first-order chi connectivity index (χ1) is 6.99. The Hall–Kier alpha value is -0.530. The van der Waals surface area contributed by atoms with Gasteiger partial charge >= 0.3 is 0 Å². The highest BCUT2D eigenvalue weighted by molar-refractivity contribution is 5.48. The molecule has 4 atom stereocenters. The van der Waals surface area contributed by atoms with Crippen LogP contribution in [0.4, 0.5) is 0 Å². The van der Waals surface area contributed by atoms with E-state index in [0.29, 0.717) is 23.9 Å². The number of hydrogen-bond donors (Lipinski definition) is 0. The van der Waals surface area contributed by atoms with E-state index in [0.717, 1.165) is 19.3 Å². The molecule has 0 aliphatic heterocycles. The molecule has 0 radical (unpaired) electrons. The van der Waals surface area contributed by atoms with Crippen molar-refractivity contribution in [3.05, 3.63) is 0 Å². The van der Waals surface area contributed by atoms with Crippen molar-refractivity contribution >= 4 is 6.41 Å². The van der Waals surface area contributed by atoms with Gasteiger partial charge in [0.15, 0.2) is 0 Å². The van der Waals surface area contributed by atoms with Gasteiger partial charge in [-0.15, -0.1) is 0 Å². The lowest BCUT2D eigenvalue weighted by molar-refractivity contribution is -0.124. The Morgan fingerprint density at radius 3 is 1.47 bits per heavy atom. The highest BCUT2D eigenvalue weighted by atomic mass is 16.1. The Labute approximate surface area is 95.0 Å². The standard InChI is InChI=1S/C13H27NO/c1-7-10(3)12(5)14(9-15)13(6)11(4)8-2/h9-13H,7-8H2,1-6H3. The highest BCUT2D eigenvalue weighted by Crippen LogP contribution is 2.20. The number of carbonyl (C=O) groups excluding carboxylic acids is 1. The average Bonchev–Trinajstić information content (AvgIpc) is 2.27. The Morgan fingerprint density at radius 1 is 0.933 bits per heavy atom. The van der Waals surface area contributed by atoms with Crippen molar-refractivity contribution in [3.63, 3.8) is 0 Å². The molecular weight excluding hydrogens is 186 g/mol. The van der Waals surface area contributed by atoms with Gasteiger partial charge in [-0.05, 0) is 25.7 Å². The number of hydrogen-bond acceptors (Lipinski definition) is 1. The van der Waals surface area contributed by atoms with Gasteiger partial charge in [-0.1, -0.05) is 40.5 Å². The van der Waals surface area contributed by atoms with Crippen molar-refractivity contribution in [2.24, 2.45) is 11.8 Å². The molecule has 0 saturated carbocycles. The van der Waals surface area contributed by atoms with Crippen LogP contribution in [0.2, 0.25) is 0 Å². The van der Waals surface area contributed by atoms with Gasteiger partial charge in [0, 0.05) is 12.1 Å². The van der Waals surface area contributed by atoms with E-state index >= 15 is 0 Å². The molecule has 0 saturated heterocycles. The second-order valence-corrected chi connectivity index (χ2v) is 4.80. The zero-order valence-corrected chi connectivity index (χ0v) is 11.2. The third kappa shape index (κ3) is 3.84. The van der Waals surface area contributed by atoms with E-state index < -0.39 is 0 Å². The predicted octanol–water partition coefficient (Wildman–Crippen LogP) is 3.31. The van der Waals surface area contributed by atoms with Gasteiger partial charge in [-0.25, -0.2) is 0 Å². The average molecular weight is 213 g/mol. The van der Waals surface area contributed by atoms with Gasteiger partial charge in [0.25, 0.3) is 0 Å². The molecule has 4 unspecified atom stereocenters. The van der Waals surface area contributed by atoms with Crippen LogP contribution >= 0.6 is 0 Å². The summed E-state index contributed by atoms with van der Waals surface area (Å²) in [5, 5.41) is 0. The van der Waals surface area contributed by atoms with Crippen molar-refractivity contribution in [2.75, 3.05) is 0 Å². The minimum atomic E-state index is 0.344. The van der Waals surface area contributed by atoms with Crippen LogP contribution in [-0.2, 0) is 4.79 Å². The van der Waals surface area contributed by atoms with E-state index in [9.17, 15) is 4.79 Å². The molecule has 2 nitrogen and oxygen atoms in total. The first-order valence-corrected chi connectivity index (χ1v) is 6.22. The lowest BCUT2D eigenvalue weighted by Crippen LogP contribution is -2.45. The maximum atomic E-state index is 11.2. The summed E-state index contributed by atoms with van der Waals surface area (Å²) in [6.07, 6.45) is 3.27. The van der Waals surface area contributed by atoms with Crippen molar-refractivity contribution in [2.45, 2.75) is 66.5 Å². The van der Waals surface area contributed by atoms with Crippen LogP contribution in [0.15, 0.2) is 0 Å². The maximum absolute atomic E-state index is 11.2. The van der Waals surface area contributed by atoms with E-state index in [1.165, 1.54) is 0 Å². The molecule has 2 heteroatoms. The summed E-state index contributed by atoms with van der Waals surface area (Å²) >= 11 is 0. The molecule has 0 aliphatic carbocycles. The molecule has 1 amide bonds. The SMILES string of the molecule is CCC(C)C(C)N(C=O)C(C)C(C)CC. The topological polar surface area (TPSA) is 20.3 Å². The largest absolute Gasteiger partial charge is 0.339 e. The van der Waals surface area contributed by atoms with Crippen LogP contribution in [0, 0.1) is 11.8 Å². The fraction of sp³-hybridized carbons (Fsp3) is 0.923. The summed E-state index contributed by atoms with van der Waals surface area (Å²) in [6, 6.07) is 0.688. The van der Waals surface area contributed by atoms with Crippen LogP contribution in [0.25, 0.3) is 0 Å². The molecule has 0 rings (SSSR count). The van der Waals surface area contributed by atoms with Gasteiger partial charge < -0.3 is 4.90 Å². The van der Waals surface area contributed by atoms with Gasteiger partial charge in [-0.3, -0.25) is 4.79 Å². The third-order valence-corrected chi connectivity index (χ3v) is 4.00. The number of rotatable bonds is 7. The molecule has 0 aromatic rings. The van der Waals surface area contributed by atoms with Crippen molar-refractivity contribution in [1.82, 2.24) is 4.90 Å². The minimum Gasteiger partial charge on any atom is -0.339 e. The van der Waals surface area contributed by atoms with Gasteiger partial charge in [0.1, 0.15) is 0 Å². The molecule has 0 N–H and O–H groups in total. The molecule has 0 aromatic heterocycles. The van der Waals surface area contributed by atoms with Gasteiger partial charge in [-0.2, -0.15) is 0 Å². The minimum absolute atomic E-state index is 0.344. The summed E-state index contributed by atoms with van der Waals surface area (Å²) in [4.78, 5) is 13.1. The van der Waals surface area contributed by atoms with Crippen molar-refractivity contribution < 1.29 is 4.79 Å². The first-order valence-electron chi connectivity index (χ1n) is 6.22. The fourth-order valence-corrected chi connectivity index (χ4v) is 1.83. The summed E-state index contributed by atoms with van der Waals surface area (Å²) < 4.78 is 0. The van der Waals surface area contributed by atoms with E-state index in [-0.39, 0.29) is 0 Å². The molecular formula is C13H27NO. The van der Waals surface area contributed by atoms with E-state index in [2.05, 4.69) is 41.5 Å². The van der Waals surface area contributed by atoms with Crippen LogP contribution in [0.5, 0.6) is 0 Å². The Kier molecular flexibility index (Phi) is 6.62. The van der Waals surface area contributed by atoms with Crippen LogP contribution < -0.4 is 0 Å². The fourth-order valence-electron chi connectivity index (χ4n) is 1.83. The molecule has 0 heterocycles. The zero-order chi connectivity index (χ0) is 12.0. The molecule has 0 aromatic carbocycles. The zero-order valence-electron chi connectivity index (χ0n) is 11.2. The Balaban J connectivity index is 4.53. The lowest BCUT2D eigenvalue weighted by Gasteiger charge is -2.37. The molecule has 90 valence electrons. The summed E-state index contributed by atoms with van der Waals surface area (Å²) in [7, 11) is 0.